The van der Waals surface area contributed by atoms with Gasteiger partial charge in [0.25, 0.3) is 5.91 Å². The zero-order valence-electron chi connectivity index (χ0n) is 14.8. The maximum Gasteiger partial charge on any atom is 0.251 e. The smallest absolute Gasteiger partial charge is 0.251 e. The first-order chi connectivity index (χ1) is 13.2. The zero-order chi connectivity index (χ0) is 18.6. The molecule has 1 aromatic carbocycles. The maximum atomic E-state index is 12.4. The van der Waals surface area contributed by atoms with E-state index in [1.165, 1.54) is 0 Å². The minimum Gasteiger partial charge on any atom is -0.454 e. The molecule has 1 aromatic heterocycles. The lowest BCUT2D eigenvalue weighted by atomic mass is 10.2. The van der Waals surface area contributed by atoms with Gasteiger partial charge in [0.2, 0.25) is 12.7 Å². The van der Waals surface area contributed by atoms with Crippen LogP contribution >= 0.6 is 0 Å². The molecular weight excluding hydrogens is 348 g/mol. The third-order valence-corrected chi connectivity index (χ3v) is 4.64. The number of nitrogens with zero attached hydrogens (tertiary/aromatic N) is 3. The van der Waals surface area contributed by atoms with Crippen molar-refractivity contribution in [2.24, 2.45) is 0 Å². The van der Waals surface area contributed by atoms with E-state index in [0.717, 1.165) is 18.9 Å². The second kappa shape index (κ2) is 7.53. The minimum atomic E-state index is -0.311. The average molecular weight is 368 g/mol. The van der Waals surface area contributed by atoms with E-state index in [9.17, 15) is 9.59 Å². The Morgan fingerprint density at radius 3 is 2.63 bits per heavy atom. The van der Waals surface area contributed by atoms with Gasteiger partial charge in [-0.2, -0.15) is 0 Å². The number of amides is 2. The third-order valence-electron chi connectivity index (χ3n) is 4.64. The van der Waals surface area contributed by atoms with Crippen LogP contribution in [0.25, 0.3) is 0 Å². The zero-order valence-corrected chi connectivity index (χ0v) is 14.8. The van der Waals surface area contributed by atoms with Gasteiger partial charge in [0.1, 0.15) is 5.82 Å². The number of ether oxygens (including phenoxy) is 2. The SMILES string of the molecule is O=C(NCC(=O)N1CCN(c2ccccn2)CC1)c1ccc2c(c1)OCO2. The molecule has 1 N–H and O–H groups in total. The first-order valence-corrected chi connectivity index (χ1v) is 8.82. The van der Waals surface area contributed by atoms with Crippen LogP contribution in [0.15, 0.2) is 42.6 Å². The van der Waals surface area contributed by atoms with Crippen LogP contribution in [-0.2, 0) is 4.79 Å². The first-order valence-electron chi connectivity index (χ1n) is 8.82. The second-order valence-electron chi connectivity index (χ2n) is 6.31. The van der Waals surface area contributed by atoms with Crippen molar-refractivity contribution < 1.29 is 19.1 Å². The lowest BCUT2D eigenvalue weighted by Gasteiger charge is -2.35. The Morgan fingerprint density at radius 2 is 1.85 bits per heavy atom. The molecule has 3 heterocycles. The molecule has 0 atom stereocenters. The Balaban J connectivity index is 1.27. The monoisotopic (exact) mass is 368 g/mol. The number of aromatic nitrogens is 1. The highest BCUT2D eigenvalue weighted by molar-refractivity contribution is 5.97. The molecule has 8 heteroatoms. The van der Waals surface area contributed by atoms with Crippen LogP contribution < -0.4 is 19.7 Å². The molecule has 0 aliphatic carbocycles. The molecule has 0 spiro atoms. The van der Waals surface area contributed by atoms with E-state index in [-0.39, 0.29) is 25.2 Å². The lowest BCUT2D eigenvalue weighted by Crippen LogP contribution is -2.51. The van der Waals surface area contributed by atoms with E-state index >= 15 is 0 Å². The summed E-state index contributed by atoms with van der Waals surface area (Å²) >= 11 is 0. The van der Waals surface area contributed by atoms with Gasteiger partial charge in [0, 0.05) is 37.9 Å². The summed E-state index contributed by atoms with van der Waals surface area (Å²) in [7, 11) is 0. The number of pyridine rings is 1. The Hall–Kier alpha value is -3.29. The van der Waals surface area contributed by atoms with Crippen LogP contribution in [0, 0.1) is 0 Å². The predicted molar refractivity (Wildman–Crippen MR) is 97.9 cm³/mol. The van der Waals surface area contributed by atoms with Crippen molar-refractivity contribution in [2.75, 3.05) is 44.4 Å². The first kappa shape index (κ1) is 17.1. The van der Waals surface area contributed by atoms with Crippen LogP contribution in [0.5, 0.6) is 11.5 Å². The number of carbonyl (C=O) groups is 2. The summed E-state index contributed by atoms with van der Waals surface area (Å²) in [6, 6.07) is 10.8. The summed E-state index contributed by atoms with van der Waals surface area (Å²) in [4.78, 5) is 32.9. The number of benzene rings is 1. The van der Waals surface area contributed by atoms with Gasteiger partial charge in [-0.1, -0.05) is 6.07 Å². The lowest BCUT2D eigenvalue weighted by molar-refractivity contribution is -0.130. The number of nitrogens with one attached hydrogen (secondary N) is 1. The Bertz CT molecular complexity index is 835. The van der Waals surface area contributed by atoms with E-state index in [2.05, 4.69) is 15.2 Å². The molecule has 0 bridgehead atoms. The maximum absolute atomic E-state index is 12.4. The molecule has 140 valence electrons. The summed E-state index contributed by atoms with van der Waals surface area (Å²) < 4.78 is 10.5. The van der Waals surface area contributed by atoms with Crippen molar-refractivity contribution in [3.05, 3.63) is 48.2 Å². The molecule has 1 fully saturated rings. The predicted octanol–water partition coefficient (Wildman–Crippen LogP) is 0.889. The summed E-state index contributed by atoms with van der Waals surface area (Å²) in [5.41, 5.74) is 0.437. The fraction of sp³-hybridized carbons (Fsp3) is 0.316. The summed E-state index contributed by atoms with van der Waals surface area (Å²) in [6.07, 6.45) is 1.76. The quantitative estimate of drug-likeness (QED) is 0.863. The molecule has 4 rings (SSSR count). The van der Waals surface area contributed by atoms with Crippen molar-refractivity contribution in [3.8, 4) is 11.5 Å². The third kappa shape index (κ3) is 3.79. The topological polar surface area (TPSA) is 84.0 Å². The number of hydrogen-bond donors (Lipinski definition) is 1. The van der Waals surface area contributed by atoms with Crippen molar-refractivity contribution >= 4 is 17.6 Å². The van der Waals surface area contributed by atoms with Crippen LogP contribution in [0.2, 0.25) is 0 Å². The largest absolute Gasteiger partial charge is 0.454 e. The van der Waals surface area contributed by atoms with Gasteiger partial charge in [-0.05, 0) is 30.3 Å². The summed E-state index contributed by atoms with van der Waals surface area (Å²) in [5, 5.41) is 2.68. The molecule has 1 saturated heterocycles. The van der Waals surface area contributed by atoms with E-state index < -0.39 is 0 Å². The fourth-order valence-corrected chi connectivity index (χ4v) is 3.13. The molecule has 0 radical (unpaired) electrons. The number of rotatable bonds is 4. The Labute approximate surface area is 156 Å². The molecule has 27 heavy (non-hydrogen) atoms. The molecule has 2 aliphatic heterocycles. The molecule has 2 aliphatic rings. The number of hydrogen-bond acceptors (Lipinski definition) is 6. The van der Waals surface area contributed by atoms with E-state index in [1.807, 2.05) is 18.2 Å². The van der Waals surface area contributed by atoms with Gasteiger partial charge in [0.05, 0.1) is 6.54 Å². The van der Waals surface area contributed by atoms with Crippen molar-refractivity contribution in [3.63, 3.8) is 0 Å². The van der Waals surface area contributed by atoms with E-state index in [4.69, 9.17) is 9.47 Å². The average Bonchev–Trinajstić information content (AvgIpc) is 3.20. The molecule has 0 unspecified atom stereocenters. The van der Waals surface area contributed by atoms with E-state index in [0.29, 0.717) is 30.2 Å². The molecule has 0 saturated carbocycles. The van der Waals surface area contributed by atoms with Gasteiger partial charge in [-0.3, -0.25) is 9.59 Å². The molecular formula is C19H20N4O4. The molecule has 2 aromatic rings. The Morgan fingerprint density at radius 1 is 1.04 bits per heavy atom. The summed E-state index contributed by atoms with van der Waals surface area (Å²) in [5.74, 6) is 1.67. The standard InChI is InChI=1S/C19H20N4O4/c24-18(23-9-7-22(8-10-23)17-3-1-2-6-20-17)12-21-19(25)14-4-5-15-16(11-14)27-13-26-15/h1-6,11H,7-10,12-13H2,(H,21,25). The number of anilines is 1. The highest BCUT2D eigenvalue weighted by Gasteiger charge is 2.22. The van der Waals surface area contributed by atoms with Gasteiger partial charge in [0.15, 0.2) is 11.5 Å². The van der Waals surface area contributed by atoms with Crippen LogP contribution in [0.4, 0.5) is 5.82 Å². The van der Waals surface area contributed by atoms with Gasteiger partial charge in [-0.25, -0.2) is 4.98 Å². The highest BCUT2D eigenvalue weighted by Crippen LogP contribution is 2.32. The van der Waals surface area contributed by atoms with Crippen LogP contribution in [-0.4, -0.2) is 61.2 Å². The number of carbonyl (C=O) groups excluding carboxylic acids is 2. The van der Waals surface area contributed by atoms with E-state index in [1.54, 1.807) is 29.3 Å². The minimum absolute atomic E-state index is 0.0309. The fourth-order valence-electron chi connectivity index (χ4n) is 3.13. The van der Waals surface area contributed by atoms with Crippen molar-refractivity contribution in [1.29, 1.82) is 0 Å². The molecule has 2 amide bonds. The van der Waals surface area contributed by atoms with Gasteiger partial charge < -0.3 is 24.6 Å². The van der Waals surface area contributed by atoms with Crippen molar-refractivity contribution in [2.45, 2.75) is 0 Å². The van der Waals surface area contributed by atoms with Crippen molar-refractivity contribution in [1.82, 2.24) is 15.2 Å². The number of piperazine rings is 1. The second-order valence-corrected chi connectivity index (χ2v) is 6.31. The number of fused-ring (bicyclic) bond motifs is 1. The van der Waals surface area contributed by atoms with Crippen LogP contribution in [0.3, 0.4) is 0 Å². The highest BCUT2D eigenvalue weighted by atomic mass is 16.7. The van der Waals surface area contributed by atoms with Gasteiger partial charge >= 0.3 is 0 Å². The molecule has 8 nitrogen and oxygen atoms in total. The summed E-state index contributed by atoms with van der Waals surface area (Å²) in [6.45, 7) is 2.78. The van der Waals surface area contributed by atoms with Crippen LogP contribution in [0.1, 0.15) is 10.4 Å². The van der Waals surface area contributed by atoms with Gasteiger partial charge in [-0.15, -0.1) is 0 Å². The Kier molecular flexibility index (Phi) is 4.78. The normalized spacial score (nSPS) is 15.6.